The van der Waals surface area contributed by atoms with Crippen LogP contribution in [-0.4, -0.2) is 17.9 Å². The largest absolute Gasteiger partial charge is 0.333 e. The minimum absolute atomic E-state index is 0.0699. The fourth-order valence-corrected chi connectivity index (χ4v) is 6.89. The van der Waals surface area contributed by atoms with E-state index in [1.165, 1.54) is 25.7 Å². The molecule has 0 spiro atoms. The van der Waals surface area contributed by atoms with Crippen molar-refractivity contribution in [2.75, 3.05) is 0 Å². The molecule has 0 saturated heterocycles. The zero-order chi connectivity index (χ0) is 20.4. The van der Waals surface area contributed by atoms with Crippen LogP contribution in [-0.2, 0) is 13.6 Å². The Bertz CT molecular complexity index is 464. The van der Waals surface area contributed by atoms with Crippen molar-refractivity contribution in [3.63, 3.8) is 0 Å². The molecule has 0 amide bonds. The first-order valence-corrected chi connectivity index (χ1v) is 13.1. The van der Waals surface area contributed by atoms with Crippen molar-refractivity contribution in [2.45, 2.75) is 112 Å². The molecular weight excluding hydrogens is 355 g/mol. The second-order valence-corrected chi connectivity index (χ2v) is 13.1. The van der Waals surface area contributed by atoms with E-state index in [0.29, 0.717) is 35.5 Å². The van der Waals surface area contributed by atoms with E-state index in [1.54, 1.807) is 0 Å². The second kappa shape index (κ2) is 9.77. The van der Waals surface area contributed by atoms with Gasteiger partial charge in [0.05, 0.1) is 17.9 Å². The lowest BCUT2D eigenvalue weighted by Crippen LogP contribution is -2.37. The Hall–Kier alpha value is 0.150. The topological polar surface area (TPSA) is 35.5 Å². The van der Waals surface area contributed by atoms with Crippen LogP contribution in [0.2, 0.25) is 0 Å². The van der Waals surface area contributed by atoms with Crippen LogP contribution >= 0.6 is 7.60 Å². The predicted octanol–water partition coefficient (Wildman–Crippen LogP) is 7.54. The van der Waals surface area contributed by atoms with Crippen molar-refractivity contribution in [1.82, 2.24) is 0 Å². The summed E-state index contributed by atoms with van der Waals surface area (Å²) in [7, 11) is -3.14. The van der Waals surface area contributed by atoms with Gasteiger partial charge in [-0.15, -0.1) is 0 Å². The van der Waals surface area contributed by atoms with Crippen molar-refractivity contribution in [3.8, 4) is 0 Å². The van der Waals surface area contributed by atoms with Gasteiger partial charge in [0.25, 0.3) is 0 Å². The lowest BCUT2D eigenvalue weighted by molar-refractivity contribution is -0.00519. The molecule has 2 saturated carbocycles. The summed E-state index contributed by atoms with van der Waals surface area (Å²) >= 11 is 0. The van der Waals surface area contributed by atoms with Crippen LogP contribution in [0.5, 0.6) is 0 Å². The van der Waals surface area contributed by atoms with E-state index in [2.05, 4.69) is 41.5 Å². The predicted molar refractivity (Wildman–Crippen MR) is 115 cm³/mol. The zero-order valence-electron chi connectivity index (χ0n) is 19.1. The molecule has 0 aromatic rings. The molecule has 2 fully saturated rings. The molecule has 2 aliphatic rings. The summed E-state index contributed by atoms with van der Waals surface area (Å²) < 4.78 is 26.9. The van der Waals surface area contributed by atoms with Crippen LogP contribution in [0.15, 0.2) is 0 Å². The monoisotopic (exact) mass is 400 g/mol. The van der Waals surface area contributed by atoms with Crippen LogP contribution in [0.25, 0.3) is 0 Å². The van der Waals surface area contributed by atoms with Crippen molar-refractivity contribution in [3.05, 3.63) is 0 Å². The SMILES string of the molecule is CC1CCC(C(C)C)C(OP(=O)(OC2CC(C)CCC2C(C)C)C(C)C)C1. The Morgan fingerprint density at radius 3 is 1.37 bits per heavy atom. The molecule has 3 nitrogen and oxygen atoms in total. The van der Waals surface area contributed by atoms with E-state index in [-0.39, 0.29) is 17.9 Å². The molecule has 2 rings (SSSR count). The molecule has 0 aromatic heterocycles. The third kappa shape index (κ3) is 6.06. The Balaban J connectivity index is 2.18. The standard InChI is InChI=1S/C23H45O3P/c1-15(2)20-11-9-18(7)13-22(20)25-27(24,17(5)6)26-23-14-19(8)10-12-21(23)16(3)4/h15-23H,9-14H2,1-8H3. The molecular formula is C23H45O3P. The Kier molecular flexibility index (Phi) is 8.48. The average Bonchev–Trinajstić information content (AvgIpc) is 2.54. The van der Waals surface area contributed by atoms with Crippen molar-refractivity contribution < 1.29 is 13.6 Å². The molecule has 160 valence electrons. The highest BCUT2D eigenvalue weighted by molar-refractivity contribution is 7.54. The Morgan fingerprint density at radius 1 is 0.704 bits per heavy atom. The molecule has 0 bridgehead atoms. The van der Waals surface area contributed by atoms with Gasteiger partial charge in [0.2, 0.25) is 0 Å². The molecule has 0 N–H and O–H groups in total. The van der Waals surface area contributed by atoms with Gasteiger partial charge in [-0.3, -0.25) is 4.57 Å². The van der Waals surface area contributed by atoms with Crippen molar-refractivity contribution in [2.24, 2.45) is 35.5 Å². The fraction of sp³-hybridized carbons (Fsp3) is 1.00. The van der Waals surface area contributed by atoms with E-state index in [9.17, 15) is 4.57 Å². The minimum atomic E-state index is -3.14. The van der Waals surface area contributed by atoms with Gasteiger partial charge >= 0.3 is 7.60 Å². The maximum Gasteiger partial charge on any atom is 0.333 e. The lowest BCUT2D eigenvalue weighted by Gasteiger charge is -2.42. The van der Waals surface area contributed by atoms with Gasteiger partial charge in [0.1, 0.15) is 0 Å². The molecule has 0 aromatic carbocycles. The highest BCUT2D eigenvalue weighted by Gasteiger charge is 2.43. The molecule has 4 heteroatoms. The second-order valence-electron chi connectivity index (χ2n) is 10.6. The van der Waals surface area contributed by atoms with Gasteiger partial charge in [-0.2, -0.15) is 0 Å². The first-order chi connectivity index (χ1) is 12.5. The van der Waals surface area contributed by atoms with E-state index < -0.39 is 7.60 Å². The highest BCUT2D eigenvalue weighted by Crippen LogP contribution is 2.59. The molecule has 6 atom stereocenters. The summed E-state index contributed by atoms with van der Waals surface area (Å²) in [5.41, 5.74) is -0.0902. The zero-order valence-corrected chi connectivity index (χ0v) is 20.0. The van der Waals surface area contributed by atoms with E-state index in [4.69, 9.17) is 9.05 Å². The first kappa shape index (κ1) is 23.4. The lowest BCUT2D eigenvalue weighted by atomic mass is 9.75. The molecule has 6 unspecified atom stereocenters. The van der Waals surface area contributed by atoms with E-state index in [0.717, 1.165) is 12.8 Å². The fourth-order valence-electron chi connectivity index (χ4n) is 5.12. The first-order valence-electron chi connectivity index (χ1n) is 11.5. The van der Waals surface area contributed by atoms with Crippen LogP contribution in [0.3, 0.4) is 0 Å². The van der Waals surface area contributed by atoms with E-state index in [1.807, 2.05) is 13.8 Å². The van der Waals surface area contributed by atoms with Gasteiger partial charge in [-0.25, -0.2) is 0 Å². The summed E-state index contributed by atoms with van der Waals surface area (Å²) in [6, 6.07) is 0. The van der Waals surface area contributed by atoms with Gasteiger partial charge in [0, 0.05) is 0 Å². The molecule has 0 aliphatic heterocycles. The van der Waals surface area contributed by atoms with Gasteiger partial charge in [-0.1, -0.05) is 68.2 Å². The maximum absolute atomic E-state index is 14.0. The van der Waals surface area contributed by atoms with Gasteiger partial charge in [0.15, 0.2) is 0 Å². The van der Waals surface area contributed by atoms with Crippen molar-refractivity contribution >= 4 is 7.60 Å². The third-order valence-corrected chi connectivity index (χ3v) is 9.51. The summed E-state index contributed by atoms with van der Waals surface area (Å²) in [5, 5.41) is 0. The normalized spacial score (nSPS) is 37.7. The smallest absolute Gasteiger partial charge is 0.305 e. The number of hydrogen-bond acceptors (Lipinski definition) is 3. The number of rotatable bonds is 7. The molecule has 0 heterocycles. The van der Waals surface area contributed by atoms with Gasteiger partial charge < -0.3 is 9.05 Å². The average molecular weight is 401 g/mol. The Morgan fingerprint density at radius 2 is 1.07 bits per heavy atom. The summed E-state index contributed by atoms with van der Waals surface area (Å²) in [6.45, 7) is 17.7. The van der Waals surface area contributed by atoms with E-state index >= 15 is 0 Å². The molecule has 0 radical (unpaired) electrons. The summed E-state index contributed by atoms with van der Waals surface area (Å²) in [4.78, 5) is 0. The summed E-state index contributed by atoms with van der Waals surface area (Å²) in [5.74, 6) is 3.38. The molecule has 27 heavy (non-hydrogen) atoms. The van der Waals surface area contributed by atoms with Crippen LogP contribution in [0, 0.1) is 35.5 Å². The van der Waals surface area contributed by atoms with Gasteiger partial charge in [-0.05, 0) is 61.2 Å². The number of hydrogen-bond donors (Lipinski definition) is 0. The highest BCUT2D eigenvalue weighted by atomic mass is 31.2. The van der Waals surface area contributed by atoms with Crippen LogP contribution < -0.4 is 0 Å². The van der Waals surface area contributed by atoms with Crippen LogP contribution in [0.1, 0.15) is 93.9 Å². The minimum Gasteiger partial charge on any atom is -0.305 e. The molecule has 2 aliphatic carbocycles. The quantitative estimate of drug-likeness (QED) is 0.414. The Labute approximate surface area is 168 Å². The summed E-state index contributed by atoms with van der Waals surface area (Å²) in [6.07, 6.45) is 7.03. The van der Waals surface area contributed by atoms with Crippen LogP contribution in [0.4, 0.5) is 0 Å². The third-order valence-electron chi connectivity index (χ3n) is 7.12. The maximum atomic E-state index is 14.0. The van der Waals surface area contributed by atoms with Crippen molar-refractivity contribution in [1.29, 1.82) is 0 Å².